The van der Waals surface area contributed by atoms with Crippen molar-refractivity contribution in [1.29, 1.82) is 0 Å². The standard InChI is InChI=1S/C68H152O16Si8/c1-17-69-89(70-18-2,71-19-3)65-57-49-41-33-29-37-45-53-61-85(13)81-86(14,62-54-46-38-30-34-42-50-58-66-90(72-20-4,73-21-5)74-22-6)83-88(16,64-56-48-40-32-36-44-52-60-68-92(78-26-10,79-27-11)80-28-12)84-87(15,82-85)63-55-47-39-31-35-43-51-59-67-91(75-23-7,76-24-8)77-25-9/h17-68H2,1-16H3. The Hall–Kier alpha value is 1.10. The van der Waals surface area contributed by atoms with Crippen LogP contribution in [0.5, 0.6) is 0 Å². The van der Waals surface area contributed by atoms with Crippen LogP contribution in [-0.2, 0) is 69.6 Å². The van der Waals surface area contributed by atoms with Crippen molar-refractivity contribution in [1.82, 2.24) is 0 Å². The van der Waals surface area contributed by atoms with Gasteiger partial charge in [-0.25, -0.2) is 0 Å². The van der Waals surface area contributed by atoms with Gasteiger partial charge in [-0.3, -0.25) is 0 Å². The number of hydrogen-bond acceptors (Lipinski definition) is 16. The lowest BCUT2D eigenvalue weighted by Crippen LogP contribution is -2.67. The molecule has 0 aromatic rings. The number of hydrogen-bond donors (Lipinski definition) is 0. The van der Waals surface area contributed by atoms with Gasteiger partial charge in [-0.15, -0.1) is 0 Å². The normalized spacial score (nSPS) is 20.3. The Balaban J connectivity index is 3.22. The molecule has 16 nitrogen and oxygen atoms in total. The minimum absolute atomic E-state index is 0.637. The third-order valence-electron chi connectivity index (χ3n) is 17.6. The fourth-order valence-corrected chi connectivity index (χ4v) is 48.1. The summed E-state index contributed by atoms with van der Waals surface area (Å²) in [6.07, 6.45) is 38.5. The SMILES string of the molecule is CCO[Si](CCCCCCCCCC[Si]1(C)O[Si](C)(CCCCCCCCCC[Si](OCC)(OCC)OCC)O[Si](C)(CCCCCCCCCC[Si](OCC)(OCC)OCC)O[Si](C)(CCCCCCCCCC[Si](OCC)(OCC)OCC)O1)(OCC)OCC. The fraction of sp³-hybridized carbons (Fsp3) is 1.00. The van der Waals surface area contributed by atoms with Gasteiger partial charge in [0.05, 0.1) is 0 Å². The highest BCUT2D eigenvalue weighted by molar-refractivity contribution is 6.94. The van der Waals surface area contributed by atoms with Crippen molar-refractivity contribution in [3.05, 3.63) is 0 Å². The van der Waals surface area contributed by atoms with Crippen LogP contribution in [0.25, 0.3) is 0 Å². The summed E-state index contributed by atoms with van der Waals surface area (Å²) >= 11 is 0. The van der Waals surface area contributed by atoms with Gasteiger partial charge in [-0.1, -0.05) is 180 Å². The van der Waals surface area contributed by atoms with Crippen molar-refractivity contribution in [2.24, 2.45) is 0 Å². The molecule has 1 rings (SSSR count). The molecular formula is C68H152O16Si8. The van der Waals surface area contributed by atoms with Gasteiger partial charge in [0, 0.05) is 103 Å². The second-order valence-corrected chi connectivity index (χ2v) is 51.5. The van der Waals surface area contributed by atoms with Gasteiger partial charge in [-0.05, 0) is 159 Å². The summed E-state index contributed by atoms with van der Waals surface area (Å²) in [6, 6.07) is 7.64. The first kappa shape index (κ1) is 91.1. The lowest BCUT2D eigenvalue weighted by molar-refractivity contribution is 0.0698. The van der Waals surface area contributed by atoms with E-state index in [1.165, 1.54) is 154 Å². The number of unbranched alkanes of at least 4 members (excludes halogenated alkanes) is 28. The predicted octanol–water partition coefficient (Wildman–Crippen LogP) is 21.0. The molecule has 24 heteroatoms. The van der Waals surface area contributed by atoms with E-state index in [1.54, 1.807) is 0 Å². The van der Waals surface area contributed by atoms with E-state index in [2.05, 4.69) is 26.2 Å². The molecule has 0 radical (unpaired) electrons. The Morgan fingerprint density at radius 1 is 0.174 bits per heavy atom. The fourth-order valence-electron chi connectivity index (χ4n) is 13.7. The second-order valence-electron chi connectivity index (χ2n) is 26.2. The molecule has 1 aliphatic rings. The average molecular weight is 1450 g/mol. The quantitative estimate of drug-likeness (QED) is 0.0420. The Bertz CT molecular complexity index is 1370. The van der Waals surface area contributed by atoms with Crippen LogP contribution >= 0.6 is 0 Å². The summed E-state index contributed by atoms with van der Waals surface area (Å²) in [7, 11) is -21.2. The van der Waals surface area contributed by atoms with Crippen LogP contribution < -0.4 is 0 Å². The third kappa shape index (κ3) is 41.7. The first-order chi connectivity index (χ1) is 44.4. The molecule has 0 aromatic heterocycles. The smallest absolute Gasteiger partial charge is 0.416 e. The van der Waals surface area contributed by atoms with E-state index in [4.69, 9.17) is 69.6 Å². The monoisotopic (exact) mass is 1450 g/mol. The molecule has 0 spiro atoms. The van der Waals surface area contributed by atoms with Crippen molar-refractivity contribution in [3.63, 3.8) is 0 Å². The zero-order chi connectivity index (χ0) is 68.1. The molecule has 0 aliphatic carbocycles. The maximum atomic E-state index is 7.79. The Kier molecular flexibility index (Phi) is 55.2. The van der Waals surface area contributed by atoms with E-state index >= 15 is 0 Å². The van der Waals surface area contributed by atoms with E-state index in [-0.39, 0.29) is 0 Å². The molecular weight excluding hydrogens is 1300 g/mol. The van der Waals surface area contributed by atoms with Gasteiger partial charge in [0.15, 0.2) is 0 Å². The minimum Gasteiger partial charge on any atom is -0.416 e. The van der Waals surface area contributed by atoms with Crippen molar-refractivity contribution in [3.8, 4) is 0 Å². The molecule has 0 aromatic carbocycles. The lowest BCUT2D eigenvalue weighted by Gasteiger charge is -2.50. The molecule has 0 unspecified atom stereocenters. The van der Waals surface area contributed by atoms with E-state index in [0.717, 1.165) is 99.7 Å². The highest BCUT2D eigenvalue weighted by atomic mass is 28.5. The minimum atomic E-state index is -2.71. The molecule has 0 bridgehead atoms. The molecule has 1 heterocycles. The zero-order valence-corrected chi connectivity index (χ0v) is 71.3. The van der Waals surface area contributed by atoms with Crippen molar-refractivity contribution in [2.45, 2.75) is 363 Å². The van der Waals surface area contributed by atoms with Crippen molar-refractivity contribution < 1.29 is 69.6 Å². The third-order valence-corrected chi connectivity index (χ3v) is 49.0. The molecule has 92 heavy (non-hydrogen) atoms. The van der Waals surface area contributed by atoms with Crippen LogP contribution in [0.3, 0.4) is 0 Å². The van der Waals surface area contributed by atoms with Crippen LogP contribution in [0.15, 0.2) is 0 Å². The van der Waals surface area contributed by atoms with Gasteiger partial charge in [0.1, 0.15) is 0 Å². The van der Waals surface area contributed by atoms with Gasteiger partial charge >= 0.3 is 69.5 Å². The molecule has 0 saturated carbocycles. The van der Waals surface area contributed by atoms with Gasteiger partial charge in [-0.2, -0.15) is 0 Å². The van der Waals surface area contributed by atoms with Crippen LogP contribution in [0.1, 0.15) is 289 Å². The summed E-state index contributed by atoms with van der Waals surface area (Å²) in [6.45, 7) is 41.8. The second kappa shape index (κ2) is 55.7. The Labute approximate surface area is 578 Å². The first-order valence-corrected chi connectivity index (χ1v) is 56.7. The van der Waals surface area contributed by atoms with Gasteiger partial charge in [0.25, 0.3) is 0 Å². The zero-order valence-electron chi connectivity index (χ0n) is 63.3. The Morgan fingerprint density at radius 2 is 0.283 bits per heavy atom. The van der Waals surface area contributed by atoms with Crippen LogP contribution in [0.4, 0.5) is 0 Å². The molecule has 552 valence electrons. The topological polar surface area (TPSA) is 148 Å². The summed E-state index contributed by atoms with van der Waals surface area (Å²) < 4.78 is 105. The molecule has 1 aliphatic heterocycles. The first-order valence-electron chi connectivity index (χ1n) is 38.9. The maximum absolute atomic E-state index is 7.79. The molecule has 0 atom stereocenters. The summed E-state index contributed by atoms with van der Waals surface area (Å²) in [4.78, 5) is 0. The average Bonchev–Trinajstić information content (AvgIpc) is 0.773. The Morgan fingerprint density at radius 3 is 0.402 bits per heavy atom. The highest BCUT2D eigenvalue weighted by Crippen LogP contribution is 2.40. The summed E-state index contributed by atoms with van der Waals surface area (Å²) in [5.41, 5.74) is 0. The maximum Gasteiger partial charge on any atom is 0.500 e. The van der Waals surface area contributed by atoms with Gasteiger partial charge in [0.2, 0.25) is 0 Å². The van der Waals surface area contributed by atoms with Crippen LogP contribution in [0, 0.1) is 0 Å². The van der Waals surface area contributed by atoms with Crippen LogP contribution in [0.2, 0.25) is 74.5 Å². The van der Waals surface area contributed by atoms with Gasteiger partial charge < -0.3 is 69.6 Å². The van der Waals surface area contributed by atoms with Crippen LogP contribution in [-0.4, -0.2) is 149 Å². The van der Waals surface area contributed by atoms with E-state index in [0.29, 0.717) is 79.3 Å². The van der Waals surface area contributed by atoms with E-state index in [9.17, 15) is 0 Å². The van der Waals surface area contributed by atoms with Crippen molar-refractivity contribution in [2.75, 3.05) is 79.3 Å². The number of rotatable bonds is 68. The lowest BCUT2D eigenvalue weighted by atomic mass is 10.1. The molecule has 0 N–H and O–H groups in total. The molecule has 0 amide bonds. The summed E-state index contributed by atoms with van der Waals surface area (Å²) in [5, 5.41) is 0. The van der Waals surface area contributed by atoms with Crippen molar-refractivity contribution >= 4 is 69.5 Å². The molecule has 1 fully saturated rings. The highest BCUT2D eigenvalue weighted by Gasteiger charge is 2.56. The van der Waals surface area contributed by atoms with E-state index < -0.39 is 69.5 Å². The summed E-state index contributed by atoms with van der Waals surface area (Å²) in [5.74, 6) is 0. The van der Waals surface area contributed by atoms with E-state index in [1.807, 2.05) is 83.1 Å². The largest absolute Gasteiger partial charge is 0.500 e. The predicted molar refractivity (Wildman–Crippen MR) is 400 cm³/mol. The molecule has 1 saturated heterocycles.